The Morgan fingerprint density at radius 2 is 1.78 bits per heavy atom. The van der Waals surface area contributed by atoms with E-state index >= 15 is 0 Å². The largest absolute Gasteiger partial charge is 0.490 e. The average molecular weight is 321 g/mol. The maximum Gasteiger partial charge on any atom is 0.303 e. The van der Waals surface area contributed by atoms with Crippen LogP contribution in [0.1, 0.15) is 26.2 Å². The van der Waals surface area contributed by atoms with E-state index < -0.39 is 5.97 Å². The number of ether oxygens (including phenoxy) is 2. The van der Waals surface area contributed by atoms with Crippen molar-refractivity contribution in [3.8, 4) is 11.5 Å². The van der Waals surface area contributed by atoms with Crippen molar-refractivity contribution < 1.29 is 24.2 Å². The third kappa shape index (κ3) is 5.16. The monoisotopic (exact) mass is 321 g/mol. The number of carboxylic acids is 1. The summed E-state index contributed by atoms with van der Waals surface area (Å²) in [6.07, 6.45) is 1.64. The summed E-state index contributed by atoms with van der Waals surface area (Å²) in [6, 6.07) is 7.27. The Balaban J connectivity index is 1.81. The molecular formula is C17H23NO5. The molecule has 0 unspecified atom stereocenters. The molecule has 6 nitrogen and oxygen atoms in total. The summed E-state index contributed by atoms with van der Waals surface area (Å²) >= 11 is 0. The smallest absolute Gasteiger partial charge is 0.303 e. The van der Waals surface area contributed by atoms with Crippen LogP contribution < -0.4 is 9.47 Å². The first-order chi connectivity index (χ1) is 11.1. The van der Waals surface area contributed by atoms with E-state index in [2.05, 4.69) is 0 Å². The lowest BCUT2D eigenvalue weighted by Gasteiger charge is -2.31. The molecule has 1 aromatic rings. The summed E-state index contributed by atoms with van der Waals surface area (Å²) in [4.78, 5) is 24.7. The maximum absolute atomic E-state index is 12.2. The molecule has 6 heteroatoms. The molecule has 0 radical (unpaired) electrons. The van der Waals surface area contributed by atoms with Crippen LogP contribution in [-0.4, -0.2) is 48.2 Å². The number of hydrogen-bond donors (Lipinski definition) is 1. The van der Waals surface area contributed by atoms with Gasteiger partial charge in [0.05, 0.1) is 6.61 Å². The van der Waals surface area contributed by atoms with Crippen LogP contribution in [0.25, 0.3) is 0 Å². The SMILES string of the molecule is CCOc1ccccc1OCC(=O)N1CCC(CC(=O)O)CC1. The van der Waals surface area contributed by atoms with Gasteiger partial charge in [0.25, 0.3) is 5.91 Å². The lowest BCUT2D eigenvalue weighted by molar-refractivity contribution is -0.139. The summed E-state index contributed by atoms with van der Waals surface area (Å²) in [5, 5.41) is 8.81. The molecule has 0 aliphatic carbocycles. The molecule has 2 rings (SSSR count). The van der Waals surface area contributed by atoms with Crippen molar-refractivity contribution in [1.29, 1.82) is 0 Å². The summed E-state index contributed by atoms with van der Waals surface area (Å²) in [5.74, 6) is 0.498. The molecule has 1 aromatic carbocycles. The van der Waals surface area contributed by atoms with Gasteiger partial charge in [0, 0.05) is 19.5 Å². The van der Waals surface area contributed by atoms with Crippen molar-refractivity contribution in [3.63, 3.8) is 0 Å². The van der Waals surface area contributed by atoms with E-state index in [9.17, 15) is 9.59 Å². The van der Waals surface area contributed by atoms with Crippen LogP contribution in [0.2, 0.25) is 0 Å². The number of carbonyl (C=O) groups is 2. The molecule has 0 aromatic heterocycles. The Bertz CT molecular complexity index is 538. The number of nitrogens with zero attached hydrogens (tertiary/aromatic N) is 1. The van der Waals surface area contributed by atoms with Crippen LogP contribution in [0.5, 0.6) is 11.5 Å². The van der Waals surface area contributed by atoms with Crippen molar-refractivity contribution >= 4 is 11.9 Å². The number of carboxylic acid groups (broad SMARTS) is 1. The number of amides is 1. The zero-order valence-electron chi connectivity index (χ0n) is 13.4. The van der Waals surface area contributed by atoms with E-state index in [4.69, 9.17) is 14.6 Å². The minimum atomic E-state index is -0.773. The van der Waals surface area contributed by atoms with Gasteiger partial charge in [-0.1, -0.05) is 12.1 Å². The number of hydrogen-bond acceptors (Lipinski definition) is 4. The zero-order valence-corrected chi connectivity index (χ0v) is 13.4. The Morgan fingerprint density at radius 1 is 1.17 bits per heavy atom. The van der Waals surface area contributed by atoms with Crippen LogP contribution in [0.3, 0.4) is 0 Å². The topological polar surface area (TPSA) is 76.1 Å². The van der Waals surface area contributed by atoms with Crippen molar-refractivity contribution in [2.45, 2.75) is 26.2 Å². The van der Waals surface area contributed by atoms with Gasteiger partial charge in [-0.2, -0.15) is 0 Å². The Morgan fingerprint density at radius 3 is 2.35 bits per heavy atom. The molecule has 1 aliphatic rings. The van der Waals surface area contributed by atoms with Crippen LogP contribution in [-0.2, 0) is 9.59 Å². The molecule has 0 atom stereocenters. The van der Waals surface area contributed by atoms with Gasteiger partial charge < -0.3 is 19.5 Å². The molecule has 1 saturated heterocycles. The molecule has 1 aliphatic heterocycles. The van der Waals surface area contributed by atoms with Gasteiger partial charge in [0.15, 0.2) is 18.1 Å². The number of carbonyl (C=O) groups excluding carboxylic acids is 1. The average Bonchev–Trinajstić information content (AvgIpc) is 2.54. The number of aliphatic carboxylic acids is 1. The molecule has 0 spiro atoms. The minimum Gasteiger partial charge on any atom is -0.490 e. The van der Waals surface area contributed by atoms with Crippen LogP contribution >= 0.6 is 0 Å². The molecule has 126 valence electrons. The predicted octanol–water partition coefficient (Wildman–Crippen LogP) is 2.18. The number of piperidine rings is 1. The lowest BCUT2D eigenvalue weighted by Crippen LogP contribution is -2.41. The molecule has 0 saturated carbocycles. The molecule has 1 heterocycles. The summed E-state index contributed by atoms with van der Waals surface area (Å²) in [6.45, 7) is 3.57. The van der Waals surface area contributed by atoms with Crippen molar-refractivity contribution in [3.05, 3.63) is 24.3 Å². The van der Waals surface area contributed by atoms with Gasteiger partial charge in [-0.25, -0.2) is 0 Å². The Hall–Kier alpha value is -2.24. The van der Waals surface area contributed by atoms with Crippen molar-refractivity contribution in [2.75, 3.05) is 26.3 Å². The highest BCUT2D eigenvalue weighted by Crippen LogP contribution is 2.26. The normalized spacial score (nSPS) is 15.3. The Labute approximate surface area is 136 Å². The van der Waals surface area contributed by atoms with Gasteiger partial charge in [0.1, 0.15) is 0 Å². The highest BCUT2D eigenvalue weighted by Gasteiger charge is 2.24. The second-order valence-electron chi connectivity index (χ2n) is 5.59. The zero-order chi connectivity index (χ0) is 16.7. The molecule has 1 fully saturated rings. The molecule has 1 N–H and O–H groups in total. The summed E-state index contributed by atoms with van der Waals surface area (Å²) < 4.78 is 11.0. The van der Waals surface area contributed by atoms with E-state index in [1.807, 2.05) is 19.1 Å². The first kappa shape index (κ1) is 17.1. The quantitative estimate of drug-likeness (QED) is 0.833. The highest BCUT2D eigenvalue weighted by atomic mass is 16.5. The second-order valence-corrected chi connectivity index (χ2v) is 5.59. The Kier molecular flexibility index (Phi) is 6.26. The van der Waals surface area contributed by atoms with E-state index in [0.29, 0.717) is 31.2 Å². The molecule has 23 heavy (non-hydrogen) atoms. The standard InChI is InChI=1S/C17H23NO5/c1-2-22-14-5-3-4-6-15(14)23-12-16(19)18-9-7-13(8-10-18)11-17(20)21/h3-6,13H,2,7-12H2,1H3,(H,20,21). The minimum absolute atomic E-state index is 0.0340. The number of likely N-dealkylation sites (tertiary alicyclic amines) is 1. The summed E-state index contributed by atoms with van der Waals surface area (Å²) in [5.41, 5.74) is 0. The van der Waals surface area contributed by atoms with Crippen molar-refractivity contribution in [2.24, 2.45) is 5.92 Å². The first-order valence-corrected chi connectivity index (χ1v) is 7.94. The van der Waals surface area contributed by atoms with Gasteiger partial charge in [0.2, 0.25) is 0 Å². The molecular weight excluding hydrogens is 298 g/mol. The third-order valence-electron chi connectivity index (χ3n) is 3.93. The molecule has 1 amide bonds. The maximum atomic E-state index is 12.2. The van der Waals surface area contributed by atoms with E-state index in [1.54, 1.807) is 17.0 Å². The van der Waals surface area contributed by atoms with Gasteiger partial charge in [-0.05, 0) is 37.8 Å². The third-order valence-corrected chi connectivity index (χ3v) is 3.93. The van der Waals surface area contributed by atoms with Crippen molar-refractivity contribution in [1.82, 2.24) is 4.90 Å². The van der Waals surface area contributed by atoms with E-state index in [0.717, 1.165) is 12.8 Å². The number of rotatable bonds is 7. The lowest BCUT2D eigenvalue weighted by atomic mass is 9.94. The van der Waals surface area contributed by atoms with Crippen LogP contribution in [0.15, 0.2) is 24.3 Å². The van der Waals surface area contributed by atoms with E-state index in [1.165, 1.54) is 0 Å². The van der Waals surface area contributed by atoms with Gasteiger partial charge >= 0.3 is 5.97 Å². The second kappa shape index (κ2) is 8.41. The number of para-hydroxylation sites is 2. The van der Waals surface area contributed by atoms with E-state index in [-0.39, 0.29) is 24.9 Å². The number of benzene rings is 1. The fourth-order valence-corrected chi connectivity index (χ4v) is 2.71. The van der Waals surface area contributed by atoms with Gasteiger partial charge in [-0.15, -0.1) is 0 Å². The first-order valence-electron chi connectivity index (χ1n) is 7.94. The highest BCUT2D eigenvalue weighted by molar-refractivity contribution is 5.78. The fraction of sp³-hybridized carbons (Fsp3) is 0.529. The molecule has 0 bridgehead atoms. The van der Waals surface area contributed by atoms with Crippen LogP contribution in [0.4, 0.5) is 0 Å². The van der Waals surface area contributed by atoms with Crippen LogP contribution in [0, 0.1) is 5.92 Å². The predicted molar refractivity (Wildman–Crippen MR) is 84.7 cm³/mol. The summed E-state index contributed by atoms with van der Waals surface area (Å²) in [7, 11) is 0. The van der Waals surface area contributed by atoms with Gasteiger partial charge in [-0.3, -0.25) is 9.59 Å². The fourth-order valence-electron chi connectivity index (χ4n) is 2.71.